The van der Waals surface area contributed by atoms with E-state index in [1.807, 2.05) is 35.9 Å². The van der Waals surface area contributed by atoms with Crippen LogP contribution in [0.1, 0.15) is 5.82 Å². The van der Waals surface area contributed by atoms with Gasteiger partial charge in [-0.2, -0.15) is 0 Å². The fraction of sp³-hybridized carbons (Fsp3) is 0.471. The monoisotopic (exact) mass is 376 g/mol. The van der Waals surface area contributed by atoms with Crippen molar-refractivity contribution in [2.24, 2.45) is 7.05 Å². The van der Waals surface area contributed by atoms with Crippen LogP contribution in [0.5, 0.6) is 0 Å². The Labute approximate surface area is 157 Å². The minimum atomic E-state index is -0.194. The van der Waals surface area contributed by atoms with Crippen LogP contribution in [0.2, 0.25) is 0 Å². The Kier molecular flexibility index (Phi) is 6.37. The lowest BCUT2D eigenvalue weighted by atomic mass is 10.3. The first-order valence-electron chi connectivity index (χ1n) is 8.66. The molecule has 0 saturated carbocycles. The van der Waals surface area contributed by atoms with Crippen molar-refractivity contribution in [1.29, 1.82) is 0 Å². The molecule has 1 aromatic carbocycles. The number of para-hydroxylation sites is 2. The number of carbonyl (C=O) groups excluding carboxylic acids is 1. The number of hydrogen-bond acceptors (Lipinski definition) is 5. The molecule has 2 aromatic rings. The standard InChI is InChI=1S/C17H24N6O2S/c1-22-14-5-3-2-4-13(14)19-15(22)12-16(24)20-21-17(26)18-6-7-23-8-10-25-11-9-23/h2-5H,6-12H2,1H3,(H,20,24)(H2,18,21,26). The van der Waals surface area contributed by atoms with Crippen LogP contribution in [0, 0.1) is 0 Å². The summed E-state index contributed by atoms with van der Waals surface area (Å²) in [5, 5.41) is 3.48. The first-order chi connectivity index (χ1) is 12.6. The topological polar surface area (TPSA) is 83.5 Å². The predicted octanol–water partition coefficient (Wildman–Crippen LogP) is -0.0567. The predicted molar refractivity (Wildman–Crippen MR) is 104 cm³/mol. The number of imidazole rings is 1. The van der Waals surface area contributed by atoms with Crippen LogP contribution in [-0.2, 0) is 23.0 Å². The highest BCUT2D eigenvalue weighted by molar-refractivity contribution is 7.80. The number of nitrogens with one attached hydrogen (secondary N) is 3. The highest BCUT2D eigenvalue weighted by atomic mass is 32.1. The molecule has 26 heavy (non-hydrogen) atoms. The fourth-order valence-electron chi connectivity index (χ4n) is 2.86. The summed E-state index contributed by atoms with van der Waals surface area (Å²) in [6, 6.07) is 7.80. The number of thiocarbonyl (C=S) groups is 1. The minimum Gasteiger partial charge on any atom is -0.379 e. The molecule has 2 heterocycles. The molecular formula is C17H24N6O2S. The van der Waals surface area contributed by atoms with E-state index in [0.29, 0.717) is 17.5 Å². The van der Waals surface area contributed by atoms with Gasteiger partial charge in [0, 0.05) is 33.2 Å². The maximum Gasteiger partial charge on any atom is 0.245 e. The lowest BCUT2D eigenvalue weighted by Gasteiger charge is -2.26. The molecule has 1 aromatic heterocycles. The van der Waals surface area contributed by atoms with E-state index in [1.54, 1.807) is 0 Å². The number of aromatic nitrogens is 2. The van der Waals surface area contributed by atoms with Crippen LogP contribution in [-0.4, -0.2) is 64.9 Å². The summed E-state index contributed by atoms with van der Waals surface area (Å²) in [5.41, 5.74) is 7.23. The van der Waals surface area contributed by atoms with E-state index in [-0.39, 0.29) is 12.3 Å². The quantitative estimate of drug-likeness (QED) is 0.498. The van der Waals surface area contributed by atoms with Gasteiger partial charge in [0.1, 0.15) is 5.82 Å². The molecule has 140 valence electrons. The van der Waals surface area contributed by atoms with Crippen molar-refractivity contribution in [3.8, 4) is 0 Å². The van der Waals surface area contributed by atoms with Gasteiger partial charge in [-0.25, -0.2) is 4.98 Å². The van der Waals surface area contributed by atoms with E-state index in [2.05, 4.69) is 26.1 Å². The van der Waals surface area contributed by atoms with Gasteiger partial charge in [0.05, 0.1) is 30.7 Å². The Morgan fingerprint density at radius 3 is 2.81 bits per heavy atom. The summed E-state index contributed by atoms with van der Waals surface area (Å²) < 4.78 is 7.24. The van der Waals surface area contributed by atoms with Crippen LogP contribution in [0.15, 0.2) is 24.3 Å². The lowest BCUT2D eigenvalue weighted by Crippen LogP contribution is -2.49. The molecular weight excluding hydrogens is 352 g/mol. The zero-order valence-electron chi connectivity index (χ0n) is 14.8. The Balaban J connectivity index is 1.39. The molecule has 0 radical (unpaired) electrons. The van der Waals surface area contributed by atoms with Crippen LogP contribution in [0.25, 0.3) is 11.0 Å². The number of aryl methyl sites for hydroxylation is 1. The van der Waals surface area contributed by atoms with Crippen molar-refractivity contribution < 1.29 is 9.53 Å². The van der Waals surface area contributed by atoms with Crippen LogP contribution in [0.4, 0.5) is 0 Å². The molecule has 1 fully saturated rings. The van der Waals surface area contributed by atoms with Crippen molar-refractivity contribution in [1.82, 2.24) is 30.6 Å². The first kappa shape index (κ1) is 18.6. The summed E-state index contributed by atoms with van der Waals surface area (Å²) in [4.78, 5) is 18.9. The third-order valence-electron chi connectivity index (χ3n) is 4.33. The number of hydrazine groups is 1. The van der Waals surface area contributed by atoms with Gasteiger partial charge in [-0.3, -0.25) is 20.5 Å². The number of amides is 1. The third-order valence-corrected chi connectivity index (χ3v) is 4.58. The smallest absolute Gasteiger partial charge is 0.245 e. The maximum absolute atomic E-state index is 12.1. The number of rotatable bonds is 5. The van der Waals surface area contributed by atoms with E-state index in [1.165, 1.54) is 0 Å². The Hall–Kier alpha value is -2.23. The van der Waals surface area contributed by atoms with Crippen LogP contribution >= 0.6 is 12.2 Å². The van der Waals surface area contributed by atoms with E-state index in [0.717, 1.165) is 43.9 Å². The van der Waals surface area contributed by atoms with Crippen molar-refractivity contribution >= 4 is 34.3 Å². The highest BCUT2D eigenvalue weighted by Gasteiger charge is 2.12. The molecule has 0 unspecified atom stereocenters. The molecule has 0 bridgehead atoms. The second kappa shape index (κ2) is 8.93. The second-order valence-corrected chi connectivity index (χ2v) is 6.54. The molecule has 3 N–H and O–H groups in total. The van der Waals surface area contributed by atoms with Crippen LogP contribution in [0.3, 0.4) is 0 Å². The third kappa shape index (κ3) is 4.90. The Morgan fingerprint density at radius 1 is 1.27 bits per heavy atom. The zero-order valence-corrected chi connectivity index (χ0v) is 15.6. The average Bonchev–Trinajstić information content (AvgIpc) is 2.97. The van der Waals surface area contributed by atoms with E-state index in [9.17, 15) is 4.79 Å². The number of benzene rings is 1. The molecule has 1 saturated heterocycles. The van der Waals surface area contributed by atoms with Gasteiger partial charge in [0.25, 0.3) is 0 Å². The van der Waals surface area contributed by atoms with E-state index < -0.39 is 0 Å². The molecule has 1 aliphatic rings. The van der Waals surface area contributed by atoms with Gasteiger partial charge in [-0.1, -0.05) is 12.1 Å². The zero-order chi connectivity index (χ0) is 18.4. The highest BCUT2D eigenvalue weighted by Crippen LogP contribution is 2.14. The van der Waals surface area contributed by atoms with Crippen molar-refractivity contribution in [2.75, 3.05) is 39.4 Å². The largest absolute Gasteiger partial charge is 0.379 e. The summed E-state index contributed by atoms with van der Waals surface area (Å²) in [7, 11) is 1.91. The van der Waals surface area contributed by atoms with Gasteiger partial charge in [-0.15, -0.1) is 0 Å². The van der Waals surface area contributed by atoms with Crippen molar-refractivity contribution in [3.05, 3.63) is 30.1 Å². The molecule has 1 aliphatic heterocycles. The minimum absolute atomic E-state index is 0.175. The van der Waals surface area contributed by atoms with Gasteiger partial charge >= 0.3 is 0 Å². The number of fused-ring (bicyclic) bond motifs is 1. The summed E-state index contributed by atoms with van der Waals surface area (Å²) in [5.74, 6) is 0.512. The number of carbonyl (C=O) groups is 1. The molecule has 0 atom stereocenters. The molecule has 1 amide bonds. The molecule has 3 rings (SSSR count). The van der Waals surface area contributed by atoms with Crippen molar-refractivity contribution in [3.63, 3.8) is 0 Å². The van der Waals surface area contributed by atoms with Crippen molar-refractivity contribution in [2.45, 2.75) is 6.42 Å². The normalized spacial score (nSPS) is 15.0. The maximum atomic E-state index is 12.1. The van der Waals surface area contributed by atoms with Gasteiger partial charge in [0.15, 0.2) is 5.11 Å². The second-order valence-electron chi connectivity index (χ2n) is 6.14. The van der Waals surface area contributed by atoms with Gasteiger partial charge < -0.3 is 14.6 Å². The number of nitrogens with zero attached hydrogens (tertiary/aromatic N) is 3. The van der Waals surface area contributed by atoms with Gasteiger partial charge in [-0.05, 0) is 24.4 Å². The number of ether oxygens (including phenoxy) is 1. The molecule has 0 aliphatic carbocycles. The van der Waals surface area contributed by atoms with Crippen LogP contribution < -0.4 is 16.2 Å². The Bertz CT molecular complexity index is 772. The van der Waals surface area contributed by atoms with Gasteiger partial charge in [0.2, 0.25) is 5.91 Å². The molecule has 0 spiro atoms. The van der Waals surface area contributed by atoms with E-state index >= 15 is 0 Å². The summed E-state index contributed by atoms with van der Waals surface area (Å²) in [6.07, 6.45) is 0.175. The SMILES string of the molecule is Cn1c(CC(=O)NNC(=S)NCCN2CCOCC2)nc2ccccc21. The summed E-state index contributed by atoms with van der Waals surface area (Å²) in [6.45, 7) is 5.04. The lowest BCUT2D eigenvalue weighted by molar-refractivity contribution is -0.121. The average molecular weight is 376 g/mol. The molecule has 9 heteroatoms. The summed E-state index contributed by atoms with van der Waals surface area (Å²) >= 11 is 5.18. The molecule has 8 nitrogen and oxygen atoms in total. The fourth-order valence-corrected chi connectivity index (χ4v) is 3.02. The number of hydrogen-bond donors (Lipinski definition) is 3. The number of morpholine rings is 1. The first-order valence-corrected chi connectivity index (χ1v) is 9.07. The van der Waals surface area contributed by atoms with E-state index in [4.69, 9.17) is 17.0 Å². The Morgan fingerprint density at radius 2 is 2.04 bits per heavy atom.